The molecule has 0 fully saturated rings. The Balaban J connectivity index is 3.14. The number of hydrogen-bond donors (Lipinski definition) is 2. The first-order chi connectivity index (χ1) is 9.69. The van der Waals surface area contributed by atoms with Gasteiger partial charge in [-0.25, -0.2) is 17.9 Å². The Labute approximate surface area is 136 Å². The van der Waals surface area contributed by atoms with Crippen molar-refractivity contribution in [1.29, 1.82) is 0 Å². The molecule has 9 heteroatoms. The Morgan fingerprint density at radius 3 is 2.67 bits per heavy atom. The van der Waals surface area contributed by atoms with Crippen LogP contribution in [-0.4, -0.2) is 38.7 Å². The van der Waals surface area contributed by atoms with E-state index in [0.717, 1.165) is 11.3 Å². The quantitative estimate of drug-likeness (QED) is 0.684. The van der Waals surface area contributed by atoms with Gasteiger partial charge in [0, 0.05) is 12.1 Å². The topological polar surface area (TPSA) is 92.7 Å². The van der Waals surface area contributed by atoms with Crippen molar-refractivity contribution in [1.82, 2.24) is 4.72 Å². The molecule has 0 radical (unpaired) electrons. The molecule has 1 unspecified atom stereocenters. The van der Waals surface area contributed by atoms with E-state index in [1.165, 1.54) is 13.2 Å². The van der Waals surface area contributed by atoms with Crippen LogP contribution in [0.5, 0.6) is 0 Å². The zero-order chi connectivity index (χ0) is 16.3. The third kappa shape index (κ3) is 4.49. The first-order valence-electron chi connectivity index (χ1n) is 6.21. The molecule has 0 spiro atoms. The van der Waals surface area contributed by atoms with Crippen molar-refractivity contribution in [3.63, 3.8) is 0 Å². The minimum atomic E-state index is -3.81. The summed E-state index contributed by atoms with van der Waals surface area (Å²) in [6.07, 6.45) is 0.826. The zero-order valence-electron chi connectivity index (χ0n) is 12.0. The molecule has 1 aromatic heterocycles. The Bertz CT molecular complexity index is 613. The summed E-state index contributed by atoms with van der Waals surface area (Å²) in [7, 11) is -2.58. The van der Waals surface area contributed by atoms with Crippen LogP contribution in [-0.2, 0) is 14.8 Å². The Kier molecular flexibility index (Phi) is 6.36. The van der Waals surface area contributed by atoms with Crippen LogP contribution in [0.4, 0.5) is 0 Å². The van der Waals surface area contributed by atoms with Gasteiger partial charge in [0.05, 0.1) is 10.9 Å². The fourth-order valence-corrected chi connectivity index (χ4v) is 5.65. The van der Waals surface area contributed by atoms with E-state index < -0.39 is 21.5 Å². The molecule has 0 aromatic carbocycles. The van der Waals surface area contributed by atoms with Gasteiger partial charge in [-0.3, -0.25) is 0 Å². The second-order valence-electron chi connectivity index (χ2n) is 4.73. The lowest BCUT2D eigenvalue weighted by molar-refractivity contribution is 0.0606. The minimum Gasteiger partial charge on any atom is -0.465 e. The number of thiophene rings is 1. The number of carbonyl (C=O) groups excluding carboxylic acids is 1. The highest BCUT2D eigenvalue weighted by Crippen LogP contribution is 2.33. The number of rotatable bonds is 7. The molecular formula is C12H18BrNO5S2. The molecule has 1 rings (SSSR count). The molecule has 21 heavy (non-hydrogen) atoms. The molecule has 0 saturated carbocycles. The van der Waals surface area contributed by atoms with Crippen molar-refractivity contribution < 1.29 is 23.1 Å². The molecule has 0 saturated heterocycles. The number of aliphatic hydroxyl groups excluding tert-OH is 1. The van der Waals surface area contributed by atoms with E-state index in [1.807, 2.05) is 6.92 Å². The molecule has 0 aliphatic carbocycles. The van der Waals surface area contributed by atoms with Gasteiger partial charge < -0.3 is 9.84 Å². The standard InChI is InChI=1S/C12H18BrNO5S2/c1-4-12(2,5-6-15)14-21(17,18)9-7-8(11(16)19-3)20-10(9)13/h7,14-15H,4-6H2,1-3H3. The highest BCUT2D eigenvalue weighted by atomic mass is 79.9. The summed E-state index contributed by atoms with van der Waals surface area (Å²) in [5, 5.41) is 9.06. The van der Waals surface area contributed by atoms with Crippen molar-refractivity contribution >= 4 is 43.3 Å². The van der Waals surface area contributed by atoms with Crippen molar-refractivity contribution in [2.45, 2.75) is 37.1 Å². The van der Waals surface area contributed by atoms with Crippen LogP contribution in [0.3, 0.4) is 0 Å². The summed E-state index contributed by atoms with van der Waals surface area (Å²) in [5.41, 5.74) is -0.750. The molecule has 1 atom stereocenters. The van der Waals surface area contributed by atoms with Gasteiger partial charge in [0.25, 0.3) is 0 Å². The molecule has 2 N–H and O–H groups in total. The van der Waals surface area contributed by atoms with Gasteiger partial charge in [-0.1, -0.05) is 6.92 Å². The normalized spacial score (nSPS) is 14.7. The van der Waals surface area contributed by atoms with Crippen molar-refractivity contribution in [3.8, 4) is 0 Å². The maximum atomic E-state index is 12.5. The van der Waals surface area contributed by atoms with E-state index in [2.05, 4.69) is 25.4 Å². The first kappa shape index (κ1) is 18.6. The lowest BCUT2D eigenvalue weighted by Crippen LogP contribution is -2.46. The van der Waals surface area contributed by atoms with Crippen LogP contribution < -0.4 is 4.72 Å². The summed E-state index contributed by atoms with van der Waals surface area (Å²) in [4.78, 5) is 11.7. The van der Waals surface area contributed by atoms with Crippen LogP contribution in [0.2, 0.25) is 0 Å². The predicted molar refractivity (Wildman–Crippen MR) is 84.1 cm³/mol. The molecule has 1 heterocycles. The van der Waals surface area contributed by atoms with E-state index >= 15 is 0 Å². The Morgan fingerprint density at radius 2 is 2.19 bits per heavy atom. The van der Waals surface area contributed by atoms with Gasteiger partial charge in [0.1, 0.15) is 9.77 Å². The van der Waals surface area contributed by atoms with E-state index in [-0.39, 0.29) is 16.4 Å². The van der Waals surface area contributed by atoms with E-state index in [4.69, 9.17) is 5.11 Å². The maximum Gasteiger partial charge on any atom is 0.348 e. The monoisotopic (exact) mass is 399 g/mol. The van der Waals surface area contributed by atoms with Gasteiger partial charge >= 0.3 is 5.97 Å². The lowest BCUT2D eigenvalue weighted by atomic mass is 9.97. The summed E-state index contributed by atoms with van der Waals surface area (Å²) < 4.78 is 32.4. The number of ether oxygens (including phenoxy) is 1. The molecule has 6 nitrogen and oxygen atoms in total. The first-order valence-corrected chi connectivity index (χ1v) is 9.31. The third-order valence-electron chi connectivity index (χ3n) is 3.16. The SMILES string of the molecule is CCC(C)(CCO)NS(=O)(=O)c1cc(C(=O)OC)sc1Br. The third-order valence-corrected chi connectivity index (χ3v) is 7.03. The number of methoxy groups -OCH3 is 1. The number of esters is 1. The number of carbonyl (C=O) groups is 1. The summed E-state index contributed by atoms with van der Waals surface area (Å²) >= 11 is 4.16. The molecule has 120 valence electrons. The van der Waals surface area contributed by atoms with Crippen molar-refractivity contribution in [2.24, 2.45) is 0 Å². The largest absolute Gasteiger partial charge is 0.465 e. The lowest BCUT2D eigenvalue weighted by Gasteiger charge is -2.28. The molecule has 1 aromatic rings. The van der Waals surface area contributed by atoms with Crippen LogP contribution in [0.1, 0.15) is 36.4 Å². The predicted octanol–water partition coefficient (Wildman–Crippen LogP) is 2.13. The Hall–Kier alpha value is -0.480. The number of halogens is 1. The van der Waals surface area contributed by atoms with Gasteiger partial charge in [-0.2, -0.15) is 0 Å². The molecule has 0 aliphatic rings. The smallest absolute Gasteiger partial charge is 0.348 e. The van der Waals surface area contributed by atoms with Gasteiger partial charge in [-0.15, -0.1) is 11.3 Å². The fraction of sp³-hybridized carbons (Fsp3) is 0.583. The van der Waals surface area contributed by atoms with Crippen LogP contribution in [0.15, 0.2) is 14.7 Å². The minimum absolute atomic E-state index is 0.00878. The van der Waals surface area contributed by atoms with Gasteiger partial charge in [0.2, 0.25) is 10.0 Å². The fourth-order valence-electron chi connectivity index (χ4n) is 1.66. The molecular weight excluding hydrogens is 382 g/mol. The van der Waals surface area contributed by atoms with E-state index in [1.54, 1.807) is 6.92 Å². The van der Waals surface area contributed by atoms with Crippen molar-refractivity contribution in [3.05, 3.63) is 14.7 Å². The van der Waals surface area contributed by atoms with Crippen LogP contribution in [0.25, 0.3) is 0 Å². The zero-order valence-corrected chi connectivity index (χ0v) is 15.2. The molecule has 0 amide bonds. The number of hydrogen-bond acceptors (Lipinski definition) is 6. The summed E-state index contributed by atoms with van der Waals surface area (Å²) in [6.45, 7) is 3.44. The number of nitrogens with one attached hydrogen (secondary N) is 1. The summed E-state index contributed by atoms with van der Waals surface area (Å²) in [6, 6.07) is 1.28. The average molecular weight is 400 g/mol. The molecule has 0 aliphatic heterocycles. The second-order valence-corrected chi connectivity index (χ2v) is 8.75. The average Bonchev–Trinajstić information content (AvgIpc) is 2.80. The van der Waals surface area contributed by atoms with E-state index in [0.29, 0.717) is 16.6 Å². The highest BCUT2D eigenvalue weighted by molar-refractivity contribution is 9.11. The highest BCUT2D eigenvalue weighted by Gasteiger charge is 2.31. The second kappa shape index (κ2) is 7.19. The van der Waals surface area contributed by atoms with Gasteiger partial charge in [-0.05, 0) is 41.8 Å². The van der Waals surface area contributed by atoms with Gasteiger partial charge in [0.15, 0.2) is 0 Å². The van der Waals surface area contributed by atoms with Crippen LogP contribution >= 0.6 is 27.3 Å². The molecule has 0 bridgehead atoms. The van der Waals surface area contributed by atoms with E-state index in [9.17, 15) is 13.2 Å². The van der Waals surface area contributed by atoms with Crippen LogP contribution in [0, 0.1) is 0 Å². The number of sulfonamides is 1. The number of aliphatic hydroxyl groups is 1. The van der Waals surface area contributed by atoms with Crippen molar-refractivity contribution in [2.75, 3.05) is 13.7 Å². The summed E-state index contributed by atoms with van der Waals surface area (Å²) in [5.74, 6) is -0.587. The Morgan fingerprint density at radius 1 is 1.57 bits per heavy atom. The maximum absolute atomic E-state index is 12.5.